The van der Waals surface area contributed by atoms with Gasteiger partial charge in [0.05, 0.1) is 5.41 Å². The Labute approximate surface area is 335 Å². The molecule has 0 atom stereocenters. The lowest BCUT2D eigenvalue weighted by Crippen LogP contribution is -2.28. The molecule has 1 aromatic heterocycles. The first kappa shape index (κ1) is 33.5. The van der Waals surface area contributed by atoms with Crippen LogP contribution in [0.3, 0.4) is 0 Å². The lowest BCUT2D eigenvalue weighted by Gasteiger charge is -2.34. The van der Waals surface area contributed by atoms with E-state index in [0.717, 1.165) is 44.5 Å². The van der Waals surface area contributed by atoms with Crippen molar-refractivity contribution in [3.05, 3.63) is 216 Å². The molecule has 6 heteroatoms. The standard InChI is InChI=1S/C52H34N4O2/c53-40-23-13-17-35(31-40)34-16-12-18-36(30-34)50-54-49(33-14-4-1-5-15-33)55-51(56-50)37-26-28-44-46(32-37)58-48-45(57-44)29-27-43-47(48)41-24-10-11-25-42(41)52(43,38-19-6-2-7-20-38)39-21-8-3-9-22-39/h1-32H,53H2. The van der Waals surface area contributed by atoms with Crippen LogP contribution in [0.5, 0.6) is 23.0 Å². The SMILES string of the molecule is Nc1cccc(-c2cccc(-c3nc(-c4ccccc4)nc(-c4ccc5c(c4)Oc4c(ccc6c4-c4ccccc4C6(c4ccccc4)c4ccccc4)O5)n3)c2)c1. The topological polar surface area (TPSA) is 83.2 Å². The molecule has 0 unspecified atom stereocenters. The van der Waals surface area contributed by atoms with E-state index >= 15 is 0 Å². The van der Waals surface area contributed by atoms with Crippen LogP contribution < -0.4 is 15.2 Å². The molecular weight excluding hydrogens is 713 g/mol. The van der Waals surface area contributed by atoms with E-state index in [0.29, 0.717) is 46.2 Å². The second-order valence-electron chi connectivity index (χ2n) is 14.6. The van der Waals surface area contributed by atoms with Gasteiger partial charge in [0.25, 0.3) is 0 Å². The summed E-state index contributed by atoms with van der Waals surface area (Å²) in [5, 5.41) is 0. The van der Waals surface area contributed by atoms with Gasteiger partial charge in [0.2, 0.25) is 0 Å². The third kappa shape index (κ3) is 5.38. The predicted octanol–water partition coefficient (Wildman–Crippen LogP) is 12.4. The number of fused-ring (bicyclic) bond motifs is 6. The van der Waals surface area contributed by atoms with Crippen LogP contribution in [-0.4, -0.2) is 15.0 Å². The van der Waals surface area contributed by atoms with E-state index in [1.54, 1.807) is 0 Å². The van der Waals surface area contributed by atoms with E-state index in [9.17, 15) is 0 Å². The minimum atomic E-state index is -0.561. The van der Waals surface area contributed by atoms with Gasteiger partial charge in [-0.2, -0.15) is 0 Å². The molecule has 0 amide bonds. The van der Waals surface area contributed by atoms with Gasteiger partial charge in [0.15, 0.2) is 40.5 Å². The zero-order valence-corrected chi connectivity index (χ0v) is 31.2. The molecule has 1 aliphatic carbocycles. The molecule has 9 aromatic rings. The average Bonchev–Trinajstić information content (AvgIpc) is 3.60. The molecule has 6 nitrogen and oxygen atoms in total. The molecule has 2 N–H and O–H groups in total. The molecule has 8 aromatic carbocycles. The monoisotopic (exact) mass is 746 g/mol. The van der Waals surface area contributed by atoms with E-state index in [-0.39, 0.29) is 0 Å². The van der Waals surface area contributed by atoms with Gasteiger partial charge in [-0.25, -0.2) is 15.0 Å². The molecule has 0 saturated heterocycles. The fourth-order valence-corrected chi connectivity index (χ4v) is 8.61. The Bertz CT molecular complexity index is 2980. The van der Waals surface area contributed by atoms with Crippen molar-refractivity contribution in [1.82, 2.24) is 15.0 Å². The largest absolute Gasteiger partial charge is 0.449 e. The molecule has 0 fully saturated rings. The van der Waals surface area contributed by atoms with Crippen LogP contribution in [0.15, 0.2) is 194 Å². The second kappa shape index (κ2) is 13.4. The fraction of sp³-hybridized carbons (Fsp3) is 0.0192. The summed E-state index contributed by atoms with van der Waals surface area (Å²) >= 11 is 0. The minimum Gasteiger partial charge on any atom is -0.449 e. The van der Waals surface area contributed by atoms with Gasteiger partial charge >= 0.3 is 0 Å². The highest BCUT2D eigenvalue weighted by Gasteiger charge is 2.48. The smallest absolute Gasteiger partial charge is 0.178 e. The Balaban J connectivity index is 1.05. The van der Waals surface area contributed by atoms with E-state index in [1.165, 1.54) is 16.7 Å². The number of anilines is 1. The molecule has 11 rings (SSSR count). The van der Waals surface area contributed by atoms with Gasteiger partial charge in [-0.1, -0.05) is 152 Å². The van der Waals surface area contributed by atoms with Gasteiger partial charge in [-0.3, -0.25) is 0 Å². The summed E-state index contributed by atoms with van der Waals surface area (Å²) in [5.74, 6) is 4.20. The van der Waals surface area contributed by atoms with Gasteiger partial charge in [-0.05, 0) is 81.4 Å². The molecule has 0 radical (unpaired) electrons. The molecule has 0 saturated carbocycles. The number of rotatable bonds is 6. The Morgan fingerprint density at radius 2 is 0.931 bits per heavy atom. The van der Waals surface area contributed by atoms with Crippen molar-refractivity contribution in [2.45, 2.75) is 5.41 Å². The summed E-state index contributed by atoms with van der Waals surface area (Å²) in [6.07, 6.45) is 0. The van der Waals surface area contributed by atoms with Crippen molar-refractivity contribution in [1.29, 1.82) is 0 Å². The number of hydrogen-bond donors (Lipinski definition) is 1. The molecule has 58 heavy (non-hydrogen) atoms. The molecule has 0 spiro atoms. The summed E-state index contributed by atoms with van der Waals surface area (Å²) < 4.78 is 13.7. The van der Waals surface area contributed by atoms with Crippen molar-refractivity contribution in [2.24, 2.45) is 0 Å². The maximum Gasteiger partial charge on any atom is 0.178 e. The predicted molar refractivity (Wildman–Crippen MR) is 230 cm³/mol. The summed E-state index contributed by atoms with van der Waals surface area (Å²) in [5.41, 5.74) is 17.7. The van der Waals surface area contributed by atoms with Crippen LogP contribution in [0, 0.1) is 0 Å². The van der Waals surface area contributed by atoms with Crippen molar-refractivity contribution in [3.8, 4) is 79.4 Å². The highest BCUT2D eigenvalue weighted by atomic mass is 16.6. The number of ether oxygens (including phenoxy) is 2. The van der Waals surface area contributed by atoms with Crippen LogP contribution in [0.2, 0.25) is 0 Å². The van der Waals surface area contributed by atoms with E-state index < -0.39 is 5.41 Å². The zero-order valence-electron chi connectivity index (χ0n) is 31.2. The van der Waals surface area contributed by atoms with E-state index in [4.69, 9.17) is 30.2 Å². The second-order valence-corrected chi connectivity index (χ2v) is 14.6. The third-order valence-electron chi connectivity index (χ3n) is 11.2. The van der Waals surface area contributed by atoms with Crippen molar-refractivity contribution >= 4 is 5.69 Å². The first-order chi connectivity index (χ1) is 28.6. The summed E-state index contributed by atoms with van der Waals surface area (Å²) in [6.45, 7) is 0. The molecule has 0 bridgehead atoms. The number of benzene rings is 8. The van der Waals surface area contributed by atoms with Gasteiger partial charge < -0.3 is 15.2 Å². The van der Waals surface area contributed by atoms with Crippen LogP contribution in [0.25, 0.3) is 56.4 Å². The maximum absolute atomic E-state index is 7.00. The first-order valence-electron chi connectivity index (χ1n) is 19.3. The Kier molecular flexibility index (Phi) is 7.76. The Hall–Kier alpha value is -7.83. The van der Waals surface area contributed by atoms with Gasteiger partial charge in [-0.15, -0.1) is 0 Å². The van der Waals surface area contributed by atoms with Crippen molar-refractivity contribution in [3.63, 3.8) is 0 Å². The summed E-state index contributed by atoms with van der Waals surface area (Å²) in [7, 11) is 0. The van der Waals surface area contributed by atoms with Crippen LogP contribution in [0.1, 0.15) is 22.3 Å². The molecule has 1 aliphatic heterocycles. The molecule has 2 heterocycles. The van der Waals surface area contributed by atoms with Crippen molar-refractivity contribution < 1.29 is 9.47 Å². The van der Waals surface area contributed by atoms with Crippen LogP contribution in [0.4, 0.5) is 5.69 Å². The summed E-state index contributed by atoms with van der Waals surface area (Å²) in [4.78, 5) is 15.1. The van der Waals surface area contributed by atoms with Gasteiger partial charge in [0.1, 0.15) is 0 Å². The van der Waals surface area contributed by atoms with E-state index in [2.05, 4.69) is 103 Å². The number of aromatic nitrogens is 3. The fourth-order valence-electron chi connectivity index (χ4n) is 8.61. The van der Waals surface area contributed by atoms with Gasteiger partial charge in [0, 0.05) is 27.9 Å². The zero-order chi connectivity index (χ0) is 38.6. The van der Waals surface area contributed by atoms with Crippen molar-refractivity contribution in [2.75, 3.05) is 5.73 Å². The van der Waals surface area contributed by atoms with Crippen LogP contribution in [-0.2, 0) is 5.41 Å². The maximum atomic E-state index is 7.00. The number of nitrogens with zero attached hydrogens (tertiary/aromatic N) is 3. The average molecular weight is 747 g/mol. The molecular formula is C52H34N4O2. The quantitative estimate of drug-likeness (QED) is 0.171. The lowest BCUT2D eigenvalue weighted by atomic mass is 9.68. The molecule has 274 valence electrons. The van der Waals surface area contributed by atoms with E-state index in [1.807, 2.05) is 91.0 Å². The molecule has 2 aliphatic rings. The normalized spacial score (nSPS) is 13.0. The number of nitrogen functional groups attached to an aromatic ring is 1. The number of nitrogens with two attached hydrogens (primary N) is 1. The van der Waals surface area contributed by atoms with Crippen LogP contribution >= 0.6 is 0 Å². The Morgan fingerprint density at radius 3 is 1.64 bits per heavy atom. The third-order valence-corrected chi connectivity index (χ3v) is 11.2. The lowest BCUT2D eigenvalue weighted by molar-refractivity contribution is 0.360. The highest BCUT2D eigenvalue weighted by molar-refractivity contribution is 5.92. The first-order valence-corrected chi connectivity index (χ1v) is 19.3. The highest BCUT2D eigenvalue weighted by Crippen LogP contribution is 2.62. The minimum absolute atomic E-state index is 0.520. The summed E-state index contributed by atoms with van der Waals surface area (Å²) in [6, 6.07) is 66.3. The number of hydrogen-bond acceptors (Lipinski definition) is 6. The Morgan fingerprint density at radius 1 is 0.379 bits per heavy atom.